The average Bonchev–Trinajstić information content (AvgIpc) is 2.83. The van der Waals surface area contributed by atoms with Crippen molar-refractivity contribution in [1.29, 1.82) is 0 Å². The molecule has 0 aliphatic heterocycles. The van der Waals surface area contributed by atoms with Gasteiger partial charge in [0.2, 0.25) is 0 Å². The monoisotopic (exact) mass is 460 g/mol. The van der Waals surface area contributed by atoms with Gasteiger partial charge in [-0.3, -0.25) is 4.79 Å². The van der Waals surface area contributed by atoms with Crippen molar-refractivity contribution in [3.8, 4) is 17.2 Å². The standard InChI is InChI=1S/C26H21ClN2O4/c1-32-25-12-18(8-11-24(25)33-16-17-6-9-21(27)10-7-17)15-28-29-26(31)22-13-19-4-2-3-5-20(19)14-23(22)30/h2-15,30H,16H2,1H3,(H,29,31). The number of nitrogens with zero attached hydrogens (tertiary/aromatic N) is 1. The van der Waals surface area contributed by atoms with Gasteiger partial charge in [-0.25, -0.2) is 5.43 Å². The molecule has 7 heteroatoms. The van der Waals surface area contributed by atoms with E-state index < -0.39 is 5.91 Å². The number of hydrogen-bond acceptors (Lipinski definition) is 5. The van der Waals surface area contributed by atoms with E-state index in [4.69, 9.17) is 21.1 Å². The second-order valence-corrected chi connectivity index (χ2v) is 7.68. The van der Waals surface area contributed by atoms with Crippen LogP contribution in [0.4, 0.5) is 0 Å². The summed E-state index contributed by atoms with van der Waals surface area (Å²) in [4.78, 5) is 12.5. The predicted octanol–water partition coefficient (Wildman–Crippen LogP) is 5.55. The van der Waals surface area contributed by atoms with Crippen molar-refractivity contribution >= 4 is 34.5 Å². The number of hydrazone groups is 1. The van der Waals surface area contributed by atoms with E-state index in [1.807, 2.05) is 48.5 Å². The fraction of sp³-hybridized carbons (Fsp3) is 0.0769. The summed E-state index contributed by atoms with van der Waals surface area (Å²) in [6, 6.07) is 23.4. The number of phenolic OH excluding ortho intramolecular Hbond substituents is 1. The second kappa shape index (κ2) is 10.1. The molecule has 166 valence electrons. The van der Waals surface area contributed by atoms with Crippen LogP contribution >= 0.6 is 11.6 Å². The van der Waals surface area contributed by atoms with E-state index in [1.54, 1.807) is 37.4 Å². The molecule has 0 spiro atoms. The quantitative estimate of drug-likeness (QED) is 0.280. The molecule has 4 aromatic rings. The molecule has 0 heterocycles. The molecule has 0 aromatic heterocycles. The summed E-state index contributed by atoms with van der Waals surface area (Å²) in [7, 11) is 1.55. The molecule has 0 saturated carbocycles. The minimum absolute atomic E-state index is 0.106. The van der Waals surface area contributed by atoms with Gasteiger partial charge >= 0.3 is 0 Å². The van der Waals surface area contributed by atoms with Crippen LogP contribution in [0.15, 0.2) is 84.0 Å². The van der Waals surface area contributed by atoms with Crippen molar-refractivity contribution in [3.63, 3.8) is 0 Å². The first-order valence-corrected chi connectivity index (χ1v) is 10.5. The molecule has 4 aromatic carbocycles. The van der Waals surface area contributed by atoms with Gasteiger partial charge in [-0.15, -0.1) is 0 Å². The van der Waals surface area contributed by atoms with Crippen molar-refractivity contribution < 1.29 is 19.4 Å². The lowest BCUT2D eigenvalue weighted by Crippen LogP contribution is -2.17. The lowest BCUT2D eigenvalue weighted by Gasteiger charge is -2.11. The Morgan fingerprint density at radius 1 is 1.00 bits per heavy atom. The normalized spacial score (nSPS) is 11.0. The van der Waals surface area contributed by atoms with Crippen LogP contribution in [-0.4, -0.2) is 24.3 Å². The number of carbonyl (C=O) groups is 1. The van der Waals surface area contributed by atoms with Crippen LogP contribution < -0.4 is 14.9 Å². The Bertz CT molecular complexity index is 1320. The number of rotatable bonds is 7. The van der Waals surface area contributed by atoms with Gasteiger partial charge in [0, 0.05) is 5.02 Å². The number of nitrogens with one attached hydrogen (secondary N) is 1. The Kier molecular flexibility index (Phi) is 6.76. The third kappa shape index (κ3) is 5.42. The smallest absolute Gasteiger partial charge is 0.275 e. The molecule has 0 bridgehead atoms. The first-order valence-electron chi connectivity index (χ1n) is 10.1. The van der Waals surface area contributed by atoms with Crippen LogP contribution in [0, 0.1) is 0 Å². The Morgan fingerprint density at radius 3 is 2.45 bits per heavy atom. The fourth-order valence-corrected chi connectivity index (χ4v) is 3.39. The lowest BCUT2D eigenvalue weighted by molar-refractivity contribution is 0.0952. The Hall–Kier alpha value is -4.03. The molecule has 0 radical (unpaired) electrons. The molecule has 33 heavy (non-hydrogen) atoms. The molecule has 0 aliphatic carbocycles. The van der Waals surface area contributed by atoms with Gasteiger partial charge in [0.15, 0.2) is 11.5 Å². The molecular formula is C26H21ClN2O4. The van der Waals surface area contributed by atoms with Crippen LogP contribution in [0.5, 0.6) is 17.2 Å². The summed E-state index contributed by atoms with van der Waals surface area (Å²) < 4.78 is 11.3. The highest BCUT2D eigenvalue weighted by atomic mass is 35.5. The molecule has 0 saturated heterocycles. The number of fused-ring (bicyclic) bond motifs is 1. The maximum atomic E-state index is 12.5. The van der Waals surface area contributed by atoms with Crippen molar-refractivity contribution in [3.05, 3.63) is 101 Å². The number of phenols is 1. The minimum atomic E-state index is -0.510. The number of amides is 1. The Morgan fingerprint density at radius 2 is 1.73 bits per heavy atom. The van der Waals surface area contributed by atoms with Crippen molar-refractivity contribution in [2.24, 2.45) is 5.10 Å². The predicted molar refractivity (Wildman–Crippen MR) is 129 cm³/mol. The zero-order chi connectivity index (χ0) is 23.2. The summed E-state index contributed by atoms with van der Waals surface area (Å²) in [5.74, 6) is 0.496. The van der Waals surface area contributed by atoms with Gasteiger partial charge in [-0.1, -0.05) is 48.0 Å². The molecule has 0 atom stereocenters. The van der Waals surface area contributed by atoms with E-state index >= 15 is 0 Å². The van der Waals surface area contributed by atoms with E-state index in [0.717, 1.165) is 16.3 Å². The molecule has 0 fully saturated rings. The molecule has 4 rings (SSSR count). The first-order chi connectivity index (χ1) is 16.0. The van der Waals surface area contributed by atoms with Gasteiger partial charge < -0.3 is 14.6 Å². The highest BCUT2D eigenvalue weighted by Crippen LogP contribution is 2.29. The number of aromatic hydroxyl groups is 1. The molecular weight excluding hydrogens is 440 g/mol. The number of carbonyl (C=O) groups excluding carboxylic acids is 1. The second-order valence-electron chi connectivity index (χ2n) is 7.24. The largest absolute Gasteiger partial charge is 0.507 e. The van der Waals surface area contributed by atoms with Crippen molar-refractivity contribution in [2.75, 3.05) is 7.11 Å². The fourth-order valence-electron chi connectivity index (χ4n) is 3.26. The lowest BCUT2D eigenvalue weighted by atomic mass is 10.1. The van der Waals surface area contributed by atoms with Crippen LogP contribution in [0.3, 0.4) is 0 Å². The summed E-state index contributed by atoms with van der Waals surface area (Å²) in [6.07, 6.45) is 1.49. The van der Waals surface area contributed by atoms with Crippen LogP contribution in [0.2, 0.25) is 5.02 Å². The summed E-state index contributed by atoms with van der Waals surface area (Å²) >= 11 is 5.91. The maximum absolute atomic E-state index is 12.5. The number of benzene rings is 4. The van der Waals surface area contributed by atoms with Crippen LogP contribution in [-0.2, 0) is 6.61 Å². The van der Waals surface area contributed by atoms with Gasteiger partial charge in [-0.2, -0.15) is 5.10 Å². The van der Waals surface area contributed by atoms with Crippen LogP contribution in [0.1, 0.15) is 21.5 Å². The SMILES string of the molecule is COc1cc(C=NNC(=O)c2cc3ccccc3cc2O)ccc1OCc1ccc(Cl)cc1. The Balaban J connectivity index is 1.42. The number of methoxy groups -OCH3 is 1. The zero-order valence-corrected chi connectivity index (χ0v) is 18.5. The highest BCUT2D eigenvalue weighted by Gasteiger charge is 2.12. The van der Waals surface area contributed by atoms with Gasteiger partial charge in [0.1, 0.15) is 12.4 Å². The van der Waals surface area contributed by atoms with E-state index in [1.165, 1.54) is 6.21 Å². The summed E-state index contributed by atoms with van der Waals surface area (Å²) in [5, 5.41) is 16.6. The molecule has 1 amide bonds. The highest BCUT2D eigenvalue weighted by molar-refractivity contribution is 6.30. The number of hydrogen-bond donors (Lipinski definition) is 2. The summed E-state index contributed by atoms with van der Waals surface area (Å²) in [5.41, 5.74) is 4.27. The van der Waals surface area contributed by atoms with Gasteiger partial charge in [0.25, 0.3) is 5.91 Å². The maximum Gasteiger partial charge on any atom is 0.275 e. The summed E-state index contributed by atoms with van der Waals surface area (Å²) in [6.45, 7) is 0.367. The first kappa shape index (κ1) is 22.2. The third-order valence-corrected chi connectivity index (χ3v) is 5.24. The van der Waals surface area contributed by atoms with E-state index in [2.05, 4.69) is 10.5 Å². The number of halogens is 1. The third-order valence-electron chi connectivity index (χ3n) is 4.98. The van der Waals surface area contributed by atoms with E-state index in [9.17, 15) is 9.90 Å². The number of ether oxygens (including phenoxy) is 2. The Labute approximate surface area is 196 Å². The van der Waals surface area contributed by atoms with Crippen molar-refractivity contribution in [2.45, 2.75) is 6.61 Å². The van der Waals surface area contributed by atoms with Crippen molar-refractivity contribution in [1.82, 2.24) is 5.43 Å². The van der Waals surface area contributed by atoms with Gasteiger partial charge in [-0.05, 0) is 64.4 Å². The molecule has 0 aliphatic rings. The minimum Gasteiger partial charge on any atom is -0.507 e. The molecule has 2 N–H and O–H groups in total. The van der Waals surface area contributed by atoms with E-state index in [0.29, 0.717) is 28.7 Å². The topological polar surface area (TPSA) is 80.2 Å². The van der Waals surface area contributed by atoms with E-state index in [-0.39, 0.29) is 11.3 Å². The molecule has 6 nitrogen and oxygen atoms in total. The molecule has 0 unspecified atom stereocenters. The zero-order valence-electron chi connectivity index (χ0n) is 17.8. The average molecular weight is 461 g/mol. The van der Waals surface area contributed by atoms with Gasteiger partial charge in [0.05, 0.1) is 18.9 Å². The van der Waals surface area contributed by atoms with Crippen LogP contribution in [0.25, 0.3) is 10.8 Å².